The van der Waals surface area contributed by atoms with Crippen LogP contribution < -0.4 is 10.2 Å². The van der Waals surface area contributed by atoms with E-state index < -0.39 is 10.0 Å². The van der Waals surface area contributed by atoms with E-state index in [1.165, 1.54) is 35.8 Å². The van der Waals surface area contributed by atoms with E-state index in [0.29, 0.717) is 24.3 Å². The first kappa shape index (κ1) is 23.7. The Morgan fingerprint density at radius 3 is 2.36 bits per heavy atom. The Labute approximate surface area is 197 Å². The molecule has 33 heavy (non-hydrogen) atoms. The van der Waals surface area contributed by atoms with E-state index in [4.69, 9.17) is 0 Å². The molecule has 7 nitrogen and oxygen atoms in total. The number of nitrogens with zero attached hydrogens (tertiary/aromatic N) is 3. The minimum Gasteiger partial charge on any atom is -0.369 e. The lowest BCUT2D eigenvalue weighted by Gasteiger charge is -2.36. The number of rotatable bonds is 9. The van der Waals surface area contributed by atoms with Gasteiger partial charge in [0.2, 0.25) is 10.0 Å². The average molecular weight is 471 g/mol. The molecule has 1 N–H and O–H groups in total. The number of hydrogen-bond donors (Lipinski definition) is 1. The summed E-state index contributed by atoms with van der Waals surface area (Å²) in [5.74, 6) is 0.591. The van der Waals surface area contributed by atoms with Gasteiger partial charge in [0, 0.05) is 62.8 Å². The number of piperazine rings is 1. The van der Waals surface area contributed by atoms with Crippen LogP contribution in [0.3, 0.4) is 0 Å². The topological polar surface area (TPSA) is 73.0 Å². The van der Waals surface area contributed by atoms with Gasteiger partial charge in [0.1, 0.15) is 0 Å². The summed E-state index contributed by atoms with van der Waals surface area (Å²) in [6, 6.07) is 14.1. The van der Waals surface area contributed by atoms with Gasteiger partial charge < -0.3 is 10.2 Å². The SMILES string of the molecule is CCN(CC)S(=O)(=O)c1cccc(C(=O)Nc2cccc(N3CCN(CC4CC4)CC3)c2)c1. The van der Waals surface area contributed by atoms with Crippen LogP contribution in [0, 0.1) is 5.92 Å². The number of sulfonamides is 1. The number of amides is 1. The van der Waals surface area contributed by atoms with Gasteiger partial charge in [-0.25, -0.2) is 8.42 Å². The standard InChI is InChI=1S/C25H34N4O3S/c1-3-29(4-2)33(31,32)24-10-5-7-21(17-24)25(30)26-22-8-6-9-23(18-22)28-15-13-27(14-16-28)19-20-11-12-20/h5-10,17-18,20H,3-4,11-16,19H2,1-2H3,(H,26,30). The zero-order valence-electron chi connectivity index (χ0n) is 19.5. The Morgan fingerprint density at radius 1 is 1.00 bits per heavy atom. The van der Waals surface area contributed by atoms with Crippen molar-refractivity contribution in [2.75, 3.05) is 56.0 Å². The molecule has 2 aliphatic rings. The van der Waals surface area contributed by atoms with E-state index in [9.17, 15) is 13.2 Å². The van der Waals surface area contributed by atoms with Gasteiger partial charge in [0.05, 0.1) is 4.90 Å². The molecule has 1 heterocycles. The smallest absolute Gasteiger partial charge is 0.255 e. The van der Waals surface area contributed by atoms with Crippen LogP contribution in [0.25, 0.3) is 0 Å². The van der Waals surface area contributed by atoms with Gasteiger partial charge in [-0.2, -0.15) is 4.31 Å². The fraction of sp³-hybridized carbons (Fsp3) is 0.480. The van der Waals surface area contributed by atoms with Gasteiger partial charge in [-0.3, -0.25) is 9.69 Å². The number of nitrogens with one attached hydrogen (secondary N) is 1. The fourth-order valence-electron chi connectivity index (χ4n) is 4.35. The normalized spacial score (nSPS) is 17.4. The van der Waals surface area contributed by atoms with Crippen molar-refractivity contribution >= 4 is 27.3 Å². The van der Waals surface area contributed by atoms with E-state index in [1.54, 1.807) is 26.0 Å². The third-order valence-electron chi connectivity index (χ3n) is 6.49. The summed E-state index contributed by atoms with van der Waals surface area (Å²) in [5.41, 5.74) is 2.12. The molecule has 1 aliphatic carbocycles. The highest BCUT2D eigenvalue weighted by Gasteiger charge is 2.26. The Morgan fingerprint density at radius 2 is 1.70 bits per heavy atom. The number of hydrogen-bond acceptors (Lipinski definition) is 5. The lowest BCUT2D eigenvalue weighted by Crippen LogP contribution is -2.47. The van der Waals surface area contributed by atoms with Gasteiger partial charge in [0.25, 0.3) is 5.91 Å². The molecule has 1 aliphatic heterocycles. The van der Waals surface area contributed by atoms with Crippen molar-refractivity contribution in [2.45, 2.75) is 31.6 Å². The predicted molar refractivity (Wildman–Crippen MR) is 132 cm³/mol. The van der Waals surface area contributed by atoms with E-state index in [0.717, 1.165) is 37.8 Å². The van der Waals surface area contributed by atoms with Crippen molar-refractivity contribution in [1.29, 1.82) is 0 Å². The molecular formula is C25H34N4O3S. The van der Waals surface area contributed by atoms with Gasteiger partial charge in [-0.05, 0) is 55.2 Å². The molecule has 0 aromatic heterocycles. The quantitative estimate of drug-likeness (QED) is 0.607. The Balaban J connectivity index is 1.42. The zero-order chi connectivity index (χ0) is 23.4. The molecule has 178 valence electrons. The second-order valence-electron chi connectivity index (χ2n) is 8.85. The monoisotopic (exact) mass is 470 g/mol. The summed E-state index contributed by atoms with van der Waals surface area (Å²) in [5, 5.41) is 2.93. The van der Waals surface area contributed by atoms with Gasteiger partial charge in [-0.1, -0.05) is 26.0 Å². The van der Waals surface area contributed by atoms with Crippen LogP contribution in [0.2, 0.25) is 0 Å². The third kappa shape index (κ3) is 5.75. The lowest BCUT2D eigenvalue weighted by molar-refractivity contribution is 0.102. The highest BCUT2D eigenvalue weighted by atomic mass is 32.2. The van der Waals surface area contributed by atoms with Crippen LogP contribution in [0.15, 0.2) is 53.4 Å². The second kappa shape index (κ2) is 10.2. The first-order valence-corrected chi connectivity index (χ1v) is 13.3. The van der Waals surface area contributed by atoms with Crippen LogP contribution in [0.5, 0.6) is 0 Å². The van der Waals surface area contributed by atoms with Crippen molar-refractivity contribution in [3.63, 3.8) is 0 Å². The molecule has 1 amide bonds. The van der Waals surface area contributed by atoms with Crippen molar-refractivity contribution in [1.82, 2.24) is 9.21 Å². The highest BCUT2D eigenvalue weighted by Crippen LogP contribution is 2.30. The molecule has 2 aromatic carbocycles. The Kier molecular flexibility index (Phi) is 7.36. The van der Waals surface area contributed by atoms with Crippen molar-refractivity contribution in [3.8, 4) is 0 Å². The largest absolute Gasteiger partial charge is 0.369 e. The summed E-state index contributed by atoms with van der Waals surface area (Å²) >= 11 is 0. The van der Waals surface area contributed by atoms with Crippen LogP contribution in [0.1, 0.15) is 37.0 Å². The van der Waals surface area contributed by atoms with Crippen LogP contribution in [-0.4, -0.2) is 69.3 Å². The first-order chi connectivity index (χ1) is 15.9. The molecular weight excluding hydrogens is 436 g/mol. The number of benzene rings is 2. The summed E-state index contributed by atoms with van der Waals surface area (Å²) in [6.07, 6.45) is 2.76. The summed E-state index contributed by atoms with van der Waals surface area (Å²) in [4.78, 5) is 17.9. The molecule has 0 bridgehead atoms. The fourth-order valence-corrected chi connectivity index (χ4v) is 5.85. The molecule has 0 atom stereocenters. The van der Waals surface area contributed by atoms with E-state index in [-0.39, 0.29) is 10.8 Å². The van der Waals surface area contributed by atoms with E-state index >= 15 is 0 Å². The Hall–Kier alpha value is -2.42. The zero-order valence-corrected chi connectivity index (χ0v) is 20.4. The average Bonchev–Trinajstić information content (AvgIpc) is 3.64. The second-order valence-corrected chi connectivity index (χ2v) is 10.8. The molecule has 8 heteroatoms. The molecule has 0 radical (unpaired) electrons. The molecule has 1 saturated heterocycles. The highest BCUT2D eigenvalue weighted by molar-refractivity contribution is 7.89. The van der Waals surface area contributed by atoms with Crippen LogP contribution in [-0.2, 0) is 10.0 Å². The van der Waals surface area contributed by atoms with Gasteiger partial charge in [0.15, 0.2) is 0 Å². The lowest BCUT2D eigenvalue weighted by atomic mass is 10.2. The maximum atomic E-state index is 12.9. The minimum absolute atomic E-state index is 0.136. The van der Waals surface area contributed by atoms with E-state index in [2.05, 4.69) is 21.2 Å². The maximum Gasteiger partial charge on any atom is 0.255 e. The van der Waals surface area contributed by atoms with E-state index in [1.807, 2.05) is 18.2 Å². The molecule has 2 fully saturated rings. The number of carbonyl (C=O) groups excluding carboxylic acids is 1. The summed E-state index contributed by atoms with van der Waals surface area (Å²) in [7, 11) is -3.62. The summed E-state index contributed by atoms with van der Waals surface area (Å²) < 4.78 is 27.0. The van der Waals surface area contributed by atoms with Crippen molar-refractivity contribution in [2.24, 2.45) is 5.92 Å². The molecule has 1 saturated carbocycles. The van der Waals surface area contributed by atoms with Crippen LogP contribution >= 0.6 is 0 Å². The predicted octanol–water partition coefficient (Wildman–Crippen LogP) is 3.50. The van der Waals surface area contributed by atoms with Gasteiger partial charge >= 0.3 is 0 Å². The minimum atomic E-state index is -3.62. The molecule has 2 aromatic rings. The van der Waals surface area contributed by atoms with Crippen LogP contribution in [0.4, 0.5) is 11.4 Å². The van der Waals surface area contributed by atoms with Crippen molar-refractivity contribution in [3.05, 3.63) is 54.1 Å². The first-order valence-electron chi connectivity index (χ1n) is 11.9. The third-order valence-corrected chi connectivity index (χ3v) is 8.54. The number of carbonyl (C=O) groups is 1. The summed E-state index contributed by atoms with van der Waals surface area (Å²) in [6.45, 7) is 9.71. The molecule has 0 spiro atoms. The maximum absolute atomic E-state index is 12.9. The molecule has 4 rings (SSSR count). The number of anilines is 2. The molecule has 0 unspecified atom stereocenters. The Bertz CT molecular complexity index is 1070. The van der Waals surface area contributed by atoms with Gasteiger partial charge in [-0.15, -0.1) is 0 Å². The van der Waals surface area contributed by atoms with Crippen molar-refractivity contribution < 1.29 is 13.2 Å².